The molecule has 3 heterocycles. The van der Waals surface area contributed by atoms with Gasteiger partial charge in [0.1, 0.15) is 5.75 Å². The summed E-state index contributed by atoms with van der Waals surface area (Å²) in [6.45, 7) is 7.62. The van der Waals surface area contributed by atoms with Gasteiger partial charge in [0.2, 0.25) is 11.8 Å². The molecule has 0 radical (unpaired) electrons. The second-order valence-corrected chi connectivity index (χ2v) is 9.55. The first-order valence-electron chi connectivity index (χ1n) is 10.9. The zero-order valence-electron chi connectivity index (χ0n) is 18.4. The van der Waals surface area contributed by atoms with Gasteiger partial charge in [0.05, 0.1) is 24.4 Å². The van der Waals surface area contributed by atoms with Gasteiger partial charge < -0.3 is 15.0 Å². The third-order valence-corrected chi connectivity index (χ3v) is 6.84. The van der Waals surface area contributed by atoms with E-state index >= 15 is 0 Å². The fourth-order valence-electron chi connectivity index (χ4n) is 4.43. The number of methoxy groups -OCH3 is 1. The Hall–Kier alpha value is -2.45. The SMILES string of the molecule is COc1ccc(C)cc1N1CC(C(=O)Nc2nc(CN3CCCC(C)C3)cs2)CC1=O. The van der Waals surface area contributed by atoms with Crippen LogP contribution in [0, 0.1) is 18.8 Å². The smallest absolute Gasteiger partial charge is 0.231 e. The first kappa shape index (κ1) is 21.8. The molecule has 2 aliphatic heterocycles. The summed E-state index contributed by atoms with van der Waals surface area (Å²) in [6, 6.07) is 5.72. The van der Waals surface area contributed by atoms with Gasteiger partial charge in [0, 0.05) is 31.4 Å². The molecule has 2 unspecified atom stereocenters. The molecule has 0 aliphatic carbocycles. The number of anilines is 2. The number of piperidine rings is 1. The van der Waals surface area contributed by atoms with Crippen LogP contribution in [0.1, 0.15) is 37.4 Å². The summed E-state index contributed by atoms with van der Waals surface area (Å²) in [6.07, 6.45) is 2.71. The number of rotatable bonds is 6. The standard InChI is InChI=1S/C23H30N4O3S/c1-15-6-7-20(30-3)19(9-15)27-12-17(10-21(27)28)22(29)25-23-24-18(14-31-23)13-26-8-4-5-16(2)11-26/h6-7,9,14,16-17H,4-5,8,10-13H2,1-3H3,(H,24,25,29). The number of thiazole rings is 1. The maximum atomic E-state index is 12.8. The highest BCUT2D eigenvalue weighted by Gasteiger charge is 2.36. The topological polar surface area (TPSA) is 74.8 Å². The lowest BCUT2D eigenvalue weighted by molar-refractivity contribution is -0.122. The first-order valence-corrected chi connectivity index (χ1v) is 11.7. The van der Waals surface area contributed by atoms with Crippen molar-refractivity contribution in [3.63, 3.8) is 0 Å². The monoisotopic (exact) mass is 442 g/mol. The van der Waals surface area contributed by atoms with Crippen LogP contribution in [0.3, 0.4) is 0 Å². The summed E-state index contributed by atoms with van der Waals surface area (Å²) < 4.78 is 5.42. The molecule has 2 fully saturated rings. The Kier molecular flexibility index (Phi) is 6.57. The van der Waals surface area contributed by atoms with Crippen molar-refractivity contribution < 1.29 is 14.3 Å². The van der Waals surface area contributed by atoms with E-state index in [-0.39, 0.29) is 18.2 Å². The van der Waals surface area contributed by atoms with E-state index in [9.17, 15) is 9.59 Å². The molecule has 7 nitrogen and oxygen atoms in total. The highest BCUT2D eigenvalue weighted by Crippen LogP contribution is 2.34. The molecular formula is C23H30N4O3S. The minimum Gasteiger partial charge on any atom is -0.495 e. The summed E-state index contributed by atoms with van der Waals surface area (Å²) in [5.74, 6) is 0.726. The average molecular weight is 443 g/mol. The minimum atomic E-state index is -0.409. The van der Waals surface area contributed by atoms with Gasteiger partial charge in [-0.1, -0.05) is 13.0 Å². The molecule has 2 aromatic rings. The van der Waals surface area contributed by atoms with E-state index in [0.717, 1.165) is 42.5 Å². The number of likely N-dealkylation sites (tertiary alicyclic amines) is 1. The Morgan fingerprint density at radius 1 is 1.35 bits per heavy atom. The zero-order chi connectivity index (χ0) is 22.0. The second kappa shape index (κ2) is 9.36. The number of hydrogen-bond donors (Lipinski definition) is 1. The molecule has 166 valence electrons. The van der Waals surface area contributed by atoms with Gasteiger partial charge in [-0.3, -0.25) is 14.5 Å². The number of ether oxygens (including phenoxy) is 1. The molecule has 1 N–H and O–H groups in total. The number of carbonyl (C=O) groups excluding carboxylic acids is 2. The highest BCUT2D eigenvalue weighted by molar-refractivity contribution is 7.13. The maximum Gasteiger partial charge on any atom is 0.231 e. The van der Waals surface area contributed by atoms with Crippen molar-refractivity contribution in [1.29, 1.82) is 0 Å². The number of hydrogen-bond acceptors (Lipinski definition) is 6. The predicted molar refractivity (Wildman–Crippen MR) is 123 cm³/mol. The Morgan fingerprint density at radius 3 is 2.97 bits per heavy atom. The molecule has 2 amide bonds. The quantitative estimate of drug-likeness (QED) is 0.739. The van der Waals surface area contributed by atoms with Crippen LogP contribution in [0.15, 0.2) is 23.6 Å². The van der Waals surface area contributed by atoms with Gasteiger partial charge >= 0.3 is 0 Å². The minimum absolute atomic E-state index is 0.0666. The Morgan fingerprint density at radius 2 is 2.19 bits per heavy atom. The molecule has 0 spiro atoms. The van der Waals surface area contributed by atoms with Crippen LogP contribution in [0.4, 0.5) is 10.8 Å². The summed E-state index contributed by atoms with van der Waals surface area (Å²) in [7, 11) is 1.59. The highest BCUT2D eigenvalue weighted by atomic mass is 32.1. The van der Waals surface area contributed by atoms with Gasteiger partial charge in [0.25, 0.3) is 0 Å². The van der Waals surface area contributed by atoms with Gasteiger partial charge in [-0.15, -0.1) is 11.3 Å². The number of amides is 2. The molecule has 0 saturated carbocycles. The number of benzene rings is 1. The normalized spacial score (nSPS) is 22.0. The molecule has 2 atom stereocenters. The van der Waals surface area contributed by atoms with E-state index in [4.69, 9.17) is 4.74 Å². The lowest BCUT2D eigenvalue weighted by Gasteiger charge is -2.30. The van der Waals surface area contributed by atoms with E-state index < -0.39 is 5.92 Å². The number of nitrogens with one attached hydrogen (secondary N) is 1. The van der Waals surface area contributed by atoms with Crippen LogP contribution >= 0.6 is 11.3 Å². The van der Waals surface area contributed by atoms with Crippen molar-refractivity contribution in [3.8, 4) is 5.75 Å². The van der Waals surface area contributed by atoms with Crippen molar-refractivity contribution in [3.05, 3.63) is 34.8 Å². The Balaban J connectivity index is 1.37. The molecular weight excluding hydrogens is 412 g/mol. The fraction of sp³-hybridized carbons (Fsp3) is 0.522. The van der Waals surface area contributed by atoms with Crippen molar-refractivity contribution in [2.45, 2.75) is 39.7 Å². The van der Waals surface area contributed by atoms with Gasteiger partial charge in [0.15, 0.2) is 5.13 Å². The lowest BCUT2D eigenvalue weighted by atomic mass is 10.0. The summed E-state index contributed by atoms with van der Waals surface area (Å²) in [4.78, 5) is 34.2. The van der Waals surface area contributed by atoms with Crippen LogP contribution in [0.2, 0.25) is 0 Å². The van der Waals surface area contributed by atoms with Gasteiger partial charge in [-0.05, 0) is 49.9 Å². The van der Waals surface area contributed by atoms with Crippen molar-refractivity contribution in [1.82, 2.24) is 9.88 Å². The van der Waals surface area contributed by atoms with Crippen LogP contribution in [-0.2, 0) is 16.1 Å². The van der Waals surface area contributed by atoms with Crippen LogP contribution in [0.25, 0.3) is 0 Å². The molecule has 2 aliphatic rings. The molecule has 4 rings (SSSR count). The fourth-order valence-corrected chi connectivity index (χ4v) is 5.14. The van der Waals surface area contributed by atoms with E-state index in [1.165, 1.54) is 24.2 Å². The zero-order valence-corrected chi connectivity index (χ0v) is 19.2. The van der Waals surface area contributed by atoms with E-state index in [0.29, 0.717) is 17.4 Å². The molecule has 2 saturated heterocycles. The number of aromatic nitrogens is 1. The molecule has 8 heteroatoms. The predicted octanol–water partition coefficient (Wildman–Crippen LogP) is 3.68. The van der Waals surface area contributed by atoms with Crippen LogP contribution < -0.4 is 15.0 Å². The number of aryl methyl sites for hydroxylation is 1. The van der Waals surface area contributed by atoms with Crippen LogP contribution in [0.5, 0.6) is 5.75 Å². The van der Waals surface area contributed by atoms with Crippen molar-refractivity contribution in [2.75, 3.05) is 37.0 Å². The summed E-state index contributed by atoms with van der Waals surface area (Å²) in [5.41, 5.74) is 2.74. The molecule has 1 aromatic heterocycles. The Labute approximate surface area is 187 Å². The van der Waals surface area contributed by atoms with Crippen molar-refractivity contribution in [2.24, 2.45) is 11.8 Å². The van der Waals surface area contributed by atoms with E-state index in [1.807, 2.05) is 30.5 Å². The molecule has 1 aromatic carbocycles. The van der Waals surface area contributed by atoms with Gasteiger partial charge in [-0.25, -0.2) is 4.98 Å². The third kappa shape index (κ3) is 5.07. The van der Waals surface area contributed by atoms with Crippen molar-refractivity contribution >= 4 is 34.0 Å². The largest absolute Gasteiger partial charge is 0.495 e. The lowest BCUT2D eigenvalue weighted by Crippen LogP contribution is -2.33. The Bertz CT molecular complexity index is 960. The summed E-state index contributed by atoms with van der Waals surface area (Å²) >= 11 is 1.44. The van der Waals surface area contributed by atoms with E-state index in [2.05, 4.69) is 22.1 Å². The van der Waals surface area contributed by atoms with Gasteiger partial charge in [-0.2, -0.15) is 0 Å². The van der Waals surface area contributed by atoms with E-state index in [1.54, 1.807) is 12.0 Å². The first-order chi connectivity index (χ1) is 14.9. The van der Waals surface area contributed by atoms with Crippen LogP contribution in [-0.4, -0.2) is 48.4 Å². The molecule has 31 heavy (non-hydrogen) atoms. The summed E-state index contributed by atoms with van der Waals surface area (Å²) in [5, 5.41) is 5.54. The molecule has 0 bridgehead atoms. The third-order valence-electron chi connectivity index (χ3n) is 6.03. The number of nitrogens with zero attached hydrogens (tertiary/aromatic N) is 3. The average Bonchev–Trinajstić information content (AvgIpc) is 3.34. The second-order valence-electron chi connectivity index (χ2n) is 8.70. The number of carbonyl (C=O) groups is 2. The maximum absolute atomic E-state index is 12.8.